The number of rotatable bonds is 2. The number of carboxylic acids is 1. The van der Waals surface area contributed by atoms with Crippen LogP contribution < -0.4 is 0 Å². The van der Waals surface area contributed by atoms with Crippen LogP contribution in [0.2, 0.25) is 0 Å². The lowest BCUT2D eigenvalue weighted by Crippen LogP contribution is -2.47. The van der Waals surface area contributed by atoms with E-state index in [-0.39, 0.29) is 5.91 Å². The molecular formula is C15H17NO4. The normalized spacial score (nSPS) is 25.3. The Hall–Kier alpha value is -1.88. The highest BCUT2D eigenvalue weighted by Crippen LogP contribution is 2.31. The van der Waals surface area contributed by atoms with E-state index in [1.807, 2.05) is 18.2 Å². The molecule has 0 aliphatic carbocycles. The van der Waals surface area contributed by atoms with Gasteiger partial charge in [0.25, 0.3) is 5.91 Å². The first-order chi connectivity index (χ1) is 9.68. The minimum atomic E-state index is -0.983. The van der Waals surface area contributed by atoms with Crippen LogP contribution in [0.3, 0.4) is 0 Å². The third kappa shape index (κ3) is 2.18. The zero-order valence-electron chi connectivity index (χ0n) is 11.1. The minimum Gasteiger partial charge on any atom is -0.479 e. The number of aliphatic carboxylic acids is 1. The monoisotopic (exact) mass is 275 g/mol. The Morgan fingerprint density at radius 3 is 2.80 bits per heavy atom. The number of carboxylic acid groups (broad SMARTS) is 1. The molecule has 0 saturated carbocycles. The van der Waals surface area contributed by atoms with Gasteiger partial charge in [-0.3, -0.25) is 4.79 Å². The van der Waals surface area contributed by atoms with Crippen molar-refractivity contribution in [1.82, 2.24) is 4.90 Å². The molecule has 0 radical (unpaired) electrons. The Labute approximate surface area is 117 Å². The van der Waals surface area contributed by atoms with E-state index in [0.717, 1.165) is 17.5 Å². The summed E-state index contributed by atoms with van der Waals surface area (Å²) in [5.41, 5.74) is 1.73. The van der Waals surface area contributed by atoms with Crippen molar-refractivity contribution in [3.63, 3.8) is 0 Å². The van der Waals surface area contributed by atoms with Crippen molar-refractivity contribution < 1.29 is 19.4 Å². The van der Waals surface area contributed by atoms with Crippen LogP contribution in [0.15, 0.2) is 24.3 Å². The number of fused-ring (bicyclic) bond motifs is 1. The molecule has 106 valence electrons. The third-order valence-electron chi connectivity index (χ3n) is 4.01. The first-order valence-electron chi connectivity index (χ1n) is 6.91. The summed E-state index contributed by atoms with van der Waals surface area (Å²) in [6.45, 7) is 1.02. The van der Waals surface area contributed by atoms with Crippen LogP contribution in [0.5, 0.6) is 0 Å². The predicted molar refractivity (Wildman–Crippen MR) is 71.2 cm³/mol. The zero-order valence-corrected chi connectivity index (χ0v) is 11.1. The van der Waals surface area contributed by atoms with Gasteiger partial charge in [0.05, 0.1) is 0 Å². The molecule has 1 N–H and O–H groups in total. The van der Waals surface area contributed by atoms with Crippen molar-refractivity contribution >= 4 is 11.9 Å². The first kappa shape index (κ1) is 13.1. The van der Waals surface area contributed by atoms with Crippen LogP contribution in [0.1, 0.15) is 30.0 Å². The largest absolute Gasteiger partial charge is 0.479 e. The molecule has 0 aromatic heterocycles. The second kappa shape index (κ2) is 5.25. The Balaban J connectivity index is 1.92. The molecule has 2 atom stereocenters. The second-order valence-corrected chi connectivity index (χ2v) is 5.22. The number of ether oxygens (including phenoxy) is 1. The van der Waals surface area contributed by atoms with Gasteiger partial charge in [-0.25, -0.2) is 4.79 Å². The van der Waals surface area contributed by atoms with Crippen molar-refractivity contribution in [1.29, 1.82) is 0 Å². The van der Waals surface area contributed by atoms with Crippen LogP contribution in [0.25, 0.3) is 0 Å². The lowest BCUT2D eigenvalue weighted by atomic mass is 9.92. The maximum atomic E-state index is 12.5. The molecule has 5 nitrogen and oxygen atoms in total. The molecule has 20 heavy (non-hydrogen) atoms. The number of carbonyl (C=O) groups is 2. The zero-order chi connectivity index (χ0) is 14.1. The number of carbonyl (C=O) groups excluding carboxylic acids is 1. The maximum Gasteiger partial charge on any atom is 0.331 e. The highest BCUT2D eigenvalue weighted by molar-refractivity contribution is 5.88. The average Bonchev–Trinajstić information content (AvgIpc) is 2.99. The van der Waals surface area contributed by atoms with E-state index in [9.17, 15) is 14.7 Å². The lowest BCUT2D eigenvalue weighted by Gasteiger charge is -2.36. The Bertz CT molecular complexity index is 536. The van der Waals surface area contributed by atoms with Gasteiger partial charge in [-0.15, -0.1) is 0 Å². The summed E-state index contributed by atoms with van der Waals surface area (Å²) in [5.74, 6) is -1.17. The summed E-state index contributed by atoms with van der Waals surface area (Å²) in [6.07, 6.45) is 1.77. The lowest BCUT2D eigenvalue weighted by molar-refractivity contribution is -0.155. The molecule has 1 saturated heterocycles. The van der Waals surface area contributed by atoms with Gasteiger partial charge < -0.3 is 14.7 Å². The van der Waals surface area contributed by atoms with E-state index in [2.05, 4.69) is 0 Å². The third-order valence-corrected chi connectivity index (χ3v) is 4.01. The molecule has 2 aliphatic heterocycles. The van der Waals surface area contributed by atoms with Crippen molar-refractivity contribution in [2.45, 2.75) is 31.4 Å². The van der Waals surface area contributed by atoms with Crippen LogP contribution in [0.4, 0.5) is 0 Å². The minimum absolute atomic E-state index is 0.190. The topological polar surface area (TPSA) is 66.8 Å². The highest BCUT2D eigenvalue weighted by atomic mass is 16.5. The number of amides is 1. The summed E-state index contributed by atoms with van der Waals surface area (Å²) in [7, 11) is 0. The van der Waals surface area contributed by atoms with Gasteiger partial charge in [-0.1, -0.05) is 24.3 Å². The standard InChI is InChI=1S/C15H17NO4/c17-14(12-6-3-9-20-12)16-8-7-10-4-1-2-5-11(10)13(16)15(18)19/h1-2,4-5,12-13H,3,6-9H2,(H,18,19)/t12-,13?/m1/s1. The second-order valence-electron chi connectivity index (χ2n) is 5.22. The van der Waals surface area contributed by atoms with Crippen molar-refractivity contribution in [2.75, 3.05) is 13.2 Å². The van der Waals surface area contributed by atoms with E-state index in [0.29, 0.717) is 26.0 Å². The van der Waals surface area contributed by atoms with Gasteiger partial charge in [0, 0.05) is 13.2 Å². The molecule has 5 heteroatoms. The van der Waals surface area contributed by atoms with Crippen molar-refractivity contribution in [3.8, 4) is 0 Å². The van der Waals surface area contributed by atoms with Crippen LogP contribution >= 0.6 is 0 Å². The van der Waals surface area contributed by atoms with Crippen molar-refractivity contribution in [2.24, 2.45) is 0 Å². The van der Waals surface area contributed by atoms with Gasteiger partial charge in [-0.2, -0.15) is 0 Å². The van der Waals surface area contributed by atoms with E-state index in [4.69, 9.17) is 4.74 Å². The number of hydrogen-bond acceptors (Lipinski definition) is 3. The molecular weight excluding hydrogens is 258 g/mol. The smallest absolute Gasteiger partial charge is 0.331 e. The molecule has 1 aromatic rings. The summed E-state index contributed by atoms with van der Waals surface area (Å²) < 4.78 is 5.40. The Kier molecular flexibility index (Phi) is 3.44. The molecule has 1 amide bonds. The van der Waals surface area contributed by atoms with E-state index in [1.54, 1.807) is 6.07 Å². The number of hydrogen-bond donors (Lipinski definition) is 1. The highest BCUT2D eigenvalue weighted by Gasteiger charge is 2.39. The molecule has 1 fully saturated rings. The van der Waals surface area contributed by atoms with Gasteiger partial charge in [-0.05, 0) is 30.4 Å². The number of nitrogens with zero attached hydrogens (tertiary/aromatic N) is 1. The Morgan fingerprint density at radius 1 is 1.30 bits per heavy atom. The van der Waals surface area contributed by atoms with Gasteiger partial charge >= 0.3 is 5.97 Å². The summed E-state index contributed by atoms with van der Waals surface area (Å²) in [5, 5.41) is 9.51. The molecule has 3 rings (SSSR count). The van der Waals surface area contributed by atoms with E-state index in [1.165, 1.54) is 4.90 Å². The van der Waals surface area contributed by atoms with Gasteiger partial charge in [0.15, 0.2) is 6.04 Å². The van der Waals surface area contributed by atoms with Crippen molar-refractivity contribution in [3.05, 3.63) is 35.4 Å². The maximum absolute atomic E-state index is 12.5. The quantitative estimate of drug-likeness (QED) is 0.885. The molecule has 0 bridgehead atoms. The summed E-state index contributed by atoms with van der Waals surface area (Å²) in [6, 6.07) is 6.54. The fourth-order valence-corrected chi connectivity index (χ4v) is 3.03. The molecule has 0 spiro atoms. The Morgan fingerprint density at radius 2 is 2.10 bits per heavy atom. The molecule has 2 aliphatic rings. The molecule has 1 aromatic carbocycles. The van der Waals surface area contributed by atoms with E-state index < -0.39 is 18.1 Å². The summed E-state index contributed by atoms with van der Waals surface area (Å²) >= 11 is 0. The fourth-order valence-electron chi connectivity index (χ4n) is 3.03. The van der Waals surface area contributed by atoms with Crippen LogP contribution in [0, 0.1) is 0 Å². The van der Waals surface area contributed by atoms with Gasteiger partial charge in [0.2, 0.25) is 0 Å². The van der Waals surface area contributed by atoms with E-state index >= 15 is 0 Å². The summed E-state index contributed by atoms with van der Waals surface area (Å²) in [4.78, 5) is 25.5. The van der Waals surface area contributed by atoms with Crippen LogP contribution in [-0.2, 0) is 20.7 Å². The molecule has 2 heterocycles. The van der Waals surface area contributed by atoms with Gasteiger partial charge in [0.1, 0.15) is 6.10 Å². The fraction of sp³-hybridized carbons (Fsp3) is 0.467. The number of benzene rings is 1. The molecule has 1 unspecified atom stereocenters. The van der Waals surface area contributed by atoms with Crippen LogP contribution in [-0.4, -0.2) is 41.1 Å². The predicted octanol–water partition coefficient (Wildman–Crippen LogP) is 1.38. The first-order valence-corrected chi connectivity index (χ1v) is 6.91. The SMILES string of the molecule is O=C(O)C1c2ccccc2CCN1C(=O)[C@H]1CCCO1. The average molecular weight is 275 g/mol.